The summed E-state index contributed by atoms with van der Waals surface area (Å²) in [7, 11) is 1.63. The van der Waals surface area contributed by atoms with Crippen LogP contribution in [0.5, 0.6) is 11.5 Å². The Morgan fingerprint density at radius 1 is 1.13 bits per heavy atom. The minimum absolute atomic E-state index is 0.232. The largest absolute Gasteiger partial charge is 0.497 e. The molecule has 8 heteroatoms. The molecular weight excluding hydrogens is 418 g/mol. The maximum atomic E-state index is 12.7. The van der Waals surface area contributed by atoms with Crippen molar-refractivity contribution in [2.75, 3.05) is 12.4 Å². The Morgan fingerprint density at radius 3 is 2.70 bits per heavy atom. The first-order valence-electron chi connectivity index (χ1n) is 9.15. The number of nitrogens with one attached hydrogen (secondary N) is 1. The monoisotopic (exact) mass is 437 g/mol. The molecule has 0 aliphatic rings. The Balaban J connectivity index is 1.45. The molecule has 0 aliphatic heterocycles. The average molecular weight is 438 g/mol. The van der Waals surface area contributed by atoms with E-state index in [4.69, 9.17) is 9.47 Å². The molecule has 0 atom stereocenters. The number of nitrogens with zero attached hydrogens (tertiary/aromatic N) is 2. The van der Waals surface area contributed by atoms with E-state index in [1.165, 1.54) is 22.7 Å². The molecule has 6 nitrogen and oxygen atoms in total. The Kier molecular flexibility index (Phi) is 6.06. The van der Waals surface area contributed by atoms with Gasteiger partial charge in [-0.1, -0.05) is 6.07 Å². The number of amides is 1. The lowest BCUT2D eigenvalue weighted by molar-refractivity contribution is 0.102. The zero-order valence-electron chi connectivity index (χ0n) is 16.4. The number of hydrogen-bond acceptors (Lipinski definition) is 7. The van der Waals surface area contributed by atoms with Gasteiger partial charge in [0.15, 0.2) is 5.13 Å². The van der Waals surface area contributed by atoms with Gasteiger partial charge in [-0.05, 0) is 49.4 Å². The first-order chi connectivity index (χ1) is 14.6. The Bertz CT molecular complexity index is 1140. The van der Waals surface area contributed by atoms with Gasteiger partial charge in [-0.25, -0.2) is 9.97 Å². The number of rotatable bonds is 7. The highest BCUT2D eigenvalue weighted by Crippen LogP contribution is 2.31. The smallest absolute Gasteiger partial charge is 0.257 e. The number of anilines is 1. The fourth-order valence-electron chi connectivity index (χ4n) is 2.83. The second-order valence-corrected chi connectivity index (χ2v) is 8.32. The number of aromatic nitrogens is 2. The van der Waals surface area contributed by atoms with Crippen molar-refractivity contribution in [2.24, 2.45) is 0 Å². The second kappa shape index (κ2) is 9.06. The van der Waals surface area contributed by atoms with Crippen LogP contribution in [-0.2, 0) is 6.61 Å². The Morgan fingerprint density at radius 2 is 1.97 bits per heavy atom. The highest BCUT2D eigenvalue weighted by molar-refractivity contribution is 7.16. The van der Waals surface area contributed by atoms with Crippen LogP contribution in [0.2, 0.25) is 0 Å². The van der Waals surface area contributed by atoms with Gasteiger partial charge in [-0.3, -0.25) is 10.1 Å². The molecule has 4 aromatic rings. The fraction of sp³-hybridized carbons (Fsp3) is 0.136. The van der Waals surface area contributed by atoms with Crippen LogP contribution in [0.3, 0.4) is 0 Å². The molecule has 0 saturated heterocycles. The molecule has 2 aromatic heterocycles. The van der Waals surface area contributed by atoms with Gasteiger partial charge in [-0.15, -0.1) is 22.7 Å². The van der Waals surface area contributed by atoms with Crippen molar-refractivity contribution in [3.05, 3.63) is 75.6 Å². The summed E-state index contributed by atoms with van der Waals surface area (Å²) >= 11 is 2.96. The summed E-state index contributed by atoms with van der Waals surface area (Å²) in [6, 6.07) is 14.8. The van der Waals surface area contributed by atoms with Crippen LogP contribution in [0.15, 0.2) is 59.4 Å². The lowest BCUT2D eigenvalue weighted by Gasteiger charge is -2.07. The summed E-state index contributed by atoms with van der Waals surface area (Å²) in [5, 5.41) is 5.37. The highest BCUT2D eigenvalue weighted by atomic mass is 32.1. The van der Waals surface area contributed by atoms with E-state index >= 15 is 0 Å². The number of carbonyl (C=O) groups excluding carboxylic acids is 1. The molecular formula is C22H19N3O3S2. The molecule has 0 saturated carbocycles. The Hall–Kier alpha value is -3.23. The molecule has 0 spiro atoms. The summed E-state index contributed by atoms with van der Waals surface area (Å²) in [4.78, 5) is 22.5. The average Bonchev–Trinajstić information content (AvgIpc) is 3.42. The predicted molar refractivity (Wildman–Crippen MR) is 120 cm³/mol. The number of aryl methyl sites for hydroxylation is 1. The maximum absolute atomic E-state index is 12.7. The minimum atomic E-state index is -0.232. The number of carbonyl (C=O) groups is 1. The maximum Gasteiger partial charge on any atom is 0.257 e. The first kappa shape index (κ1) is 20.1. The van der Waals surface area contributed by atoms with E-state index in [1.807, 2.05) is 42.6 Å². The summed E-state index contributed by atoms with van der Waals surface area (Å²) in [6.45, 7) is 2.35. The van der Waals surface area contributed by atoms with Gasteiger partial charge >= 0.3 is 0 Å². The number of benzene rings is 2. The van der Waals surface area contributed by atoms with E-state index in [2.05, 4.69) is 15.3 Å². The predicted octanol–water partition coefficient (Wildman–Crippen LogP) is 5.41. The van der Waals surface area contributed by atoms with Gasteiger partial charge in [0.1, 0.15) is 18.1 Å². The molecule has 30 heavy (non-hydrogen) atoms. The third-order valence-electron chi connectivity index (χ3n) is 4.35. The van der Waals surface area contributed by atoms with Gasteiger partial charge in [0.05, 0.1) is 24.0 Å². The zero-order chi connectivity index (χ0) is 20.9. The van der Waals surface area contributed by atoms with Crippen LogP contribution >= 0.6 is 22.7 Å². The third-order valence-corrected chi connectivity index (χ3v) is 5.87. The molecule has 2 heterocycles. The van der Waals surface area contributed by atoms with Gasteiger partial charge in [0.2, 0.25) is 0 Å². The van der Waals surface area contributed by atoms with Crippen LogP contribution in [0.25, 0.3) is 11.3 Å². The van der Waals surface area contributed by atoms with E-state index in [-0.39, 0.29) is 5.91 Å². The summed E-state index contributed by atoms with van der Waals surface area (Å²) in [5.74, 6) is 1.17. The number of methoxy groups -OCH3 is 1. The normalized spacial score (nSPS) is 10.6. The molecule has 4 rings (SSSR count). The topological polar surface area (TPSA) is 73.3 Å². The second-order valence-electron chi connectivity index (χ2n) is 6.40. The van der Waals surface area contributed by atoms with E-state index in [0.717, 1.165) is 27.6 Å². The first-order valence-corrected chi connectivity index (χ1v) is 10.9. The summed E-state index contributed by atoms with van der Waals surface area (Å²) < 4.78 is 10.9. The van der Waals surface area contributed by atoms with Gasteiger partial charge in [-0.2, -0.15) is 0 Å². The highest BCUT2D eigenvalue weighted by Gasteiger charge is 2.14. The molecule has 1 amide bonds. The van der Waals surface area contributed by atoms with Crippen molar-refractivity contribution in [1.82, 2.24) is 9.97 Å². The number of thiazole rings is 2. The molecule has 152 valence electrons. The van der Waals surface area contributed by atoms with E-state index in [1.54, 1.807) is 30.8 Å². The van der Waals surface area contributed by atoms with Crippen LogP contribution in [0.4, 0.5) is 5.13 Å². The van der Waals surface area contributed by atoms with E-state index < -0.39 is 0 Å². The third kappa shape index (κ3) is 4.67. The quantitative estimate of drug-likeness (QED) is 0.418. The number of ether oxygens (including phenoxy) is 2. The number of hydrogen-bond donors (Lipinski definition) is 1. The molecule has 1 N–H and O–H groups in total. The van der Waals surface area contributed by atoms with Crippen LogP contribution < -0.4 is 14.8 Å². The molecule has 2 aromatic carbocycles. The van der Waals surface area contributed by atoms with Gasteiger partial charge in [0.25, 0.3) is 5.91 Å². The lowest BCUT2D eigenvalue weighted by Crippen LogP contribution is -2.11. The van der Waals surface area contributed by atoms with Gasteiger partial charge in [0, 0.05) is 21.4 Å². The van der Waals surface area contributed by atoms with Crippen molar-refractivity contribution in [2.45, 2.75) is 13.5 Å². The molecule has 0 bridgehead atoms. The van der Waals surface area contributed by atoms with Gasteiger partial charge < -0.3 is 9.47 Å². The molecule has 0 aliphatic carbocycles. The standard InChI is InChI=1S/C22H19N3O3S2/c1-14-20(15-6-8-18(27-2)9-7-15)24-22(30-14)25-21(26)16-4-3-5-19(10-16)28-11-17-12-29-13-23-17/h3-10,12-13H,11H2,1-2H3,(H,24,25,26). The van der Waals surface area contributed by atoms with Crippen molar-refractivity contribution < 1.29 is 14.3 Å². The minimum Gasteiger partial charge on any atom is -0.497 e. The zero-order valence-corrected chi connectivity index (χ0v) is 18.0. The Labute approximate surface area is 182 Å². The van der Waals surface area contributed by atoms with Crippen molar-refractivity contribution in [3.63, 3.8) is 0 Å². The molecule has 0 unspecified atom stereocenters. The van der Waals surface area contributed by atoms with Crippen molar-refractivity contribution >= 4 is 33.7 Å². The molecule has 0 radical (unpaired) electrons. The van der Waals surface area contributed by atoms with Crippen molar-refractivity contribution in [3.8, 4) is 22.8 Å². The van der Waals surface area contributed by atoms with E-state index in [0.29, 0.717) is 23.1 Å². The van der Waals surface area contributed by atoms with Crippen LogP contribution in [-0.4, -0.2) is 23.0 Å². The van der Waals surface area contributed by atoms with Crippen LogP contribution in [0, 0.1) is 6.92 Å². The van der Waals surface area contributed by atoms with Crippen LogP contribution in [0.1, 0.15) is 20.9 Å². The SMILES string of the molecule is COc1ccc(-c2nc(NC(=O)c3cccc(OCc4cscn4)c3)sc2C)cc1. The summed E-state index contributed by atoms with van der Waals surface area (Å²) in [6.07, 6.45) is 0. The lowest BCUT2D eigenvalue weighted by atomic mass is 10.1. The van der Waals surface area contributed by atoms with E-state index in [9.17, 15) is 4.79 Å². The molecule has 0 fully saturated rings. The van der Waals surface area contributed by atoms with Crippen molar-refractivity contribution in [1.29, 1.82) is 0 Å². The fourth-order valence-corrected chi connectivity index (χ4v) is 4.20. The summed E-state index contributed by atoms with van der Waals surface area (Å²) in [5.41, 5.74) is 4.95.